The Balaban J connectivity index is 2.52. The Kier molecular flexibility index (Phi) is 7.69. The number of hydrogen-bond donors (Lipinski definition) is 2. The number of ether oxygens (including phenoxy) is 2. The highest BCUT2D eigenvalue weighted by Crippen LogP contribution is 2.24. The smallest absolute Gasteiger partial charge is 0.245 e. The normalized spacial score (nSPS) is 11.9. The van der Waals surface area contributed by atoms with Gasteiger partial charge >= 0.3 is 0 Å². The predicted octanol–water partition coefficient (Wildman–Crippen LogP) is 1.28. The lowest BCUT2D eigenvalue weighted by atomic mass is 9.92. The molecule has 0 bridgehead atoms. The molecule has 0 aliphatic heterocycles. The highest BCUT2D eigenvalue weighted by molar-refractivity contribution is 5.77. The van der Waals surface area contributed by atoms with Gasteiger partial charge in [-0.05, 0) is 43.0 Å². The van der Waals surface area contributed by atoms with Crippen LogP contribution in [-0.4, -0.2) is 39.8 Å². The number of methoxy groups -OCH3 is 2. The molecule has 1 aromatic carbocycles. The van der Waals surface area contributed by atoms with Crippen molar-refractivity contribution < 1.29 is 14.3 Å². The second kappa shape index (κ2) is 9.34. The second-order valence-corrected chi connectivity index (χ2v) is 4.62. The van der Waals surface area contributed by atoms with E-state index in [4.69, 9.17) is 15.2 Å². The average molecular weight is 280 g/mol. The first-order valence-corrected chi connectivity index (χ1v) is 6.81. The van der Waals surface area contributed by atoms with Crippen molar-refractivity contribution in [3.05, 3.63) is 29.8 Å². The van der Waals surface area contributed by atoms with Gasteiger partial charge in [0.2, 0.25) is 5.91 Å². The fourth-order valence-electron chi connectivity index (χ4n) is 2.12. The quantitative estimate of drug-likeness (QED) is 0.714. The first-order chi connectivity index (χ1) is 9.71. The maximum atomic E-state index is 11.3. The minimum Gasteiger partial charge on any atom is -0.497 e. The van der Waals surface area contributed by atoms with Crippen LogP contribution in [0.2, 0.25) is 0 Å². The lowest BCUT2D eigenvalue weighted by Gasteiger charge is -2.17. The van der Waals surface area contributed by atoms with E-state index in [1.54, 1.807) is 7.11 Å². The van der Waals surface area contributed by atoms with E-state index in [9.17, 15) is 4.79 Å². The molecule has 0 fully saturated rings. The van der Waals surface area contributed by atoms with Gasteiger partial charge in [0, 0.05) is 13.7 Å². The topological polar surface area (TPSA) is 73.6 Å². The van der Waals surface area contributed by atoms with Crippen LogP contribution in [0.4, 0.5) is 0 Å². The first-order valence-electron chi connectivity index (χ1n) is 6.81. The summed E-state index contributed by atoms with van der Waals surface area (Å²) < 4.78 is 9.93. The van der Waals surface area contributed by atoms with Crippen molar-refractivity contribution >= 4 is 5.91 Å². The molecule has 0 aliphatic carbocycles. The number of carbonyl (C=O) groups is 1. The highest BCUT2D eigenvalue weighted by atomic mass is 16.5. The Bertz CT molecular complexity index is 393. The van der Waals surface area contributed by atoms with E-state index in [0.717, 1.165) is 18.6 Å². The summed E-state index contributed by atoms with van der Waals surface area (Å²) in [4.78, 5) is 11.3. The minimum atomic E-state index is -0.0891. The summed E-state index contributed by atoms with van der Waals surface area (Å²) in [5, 5.41) is 2.84. The van der Waals surface area contributed by atoms with Gasteiger partial charge in [0.15, 0.2) is 0 Å². The summed E-state index contributed by atoms with van der Waals surface area (Å²) in [5.74, 6) is 1.09. The standard InChI is InChI=1S/C15H24N2O3/c1-19-11-15(18)17-10-8-13(7-9-16)12-3-5-14(20-2)6-4-12/h3-6,13H,7-11,16H2,1-2H3,(H,17,18)/t13-/m0/s1. The monoisotopic (exact) mass is 280 g/mol. The van der Waals surface area contributed by atoms with Gasteiger partial charge in [-0.15, -0.1) is 0 Å². The molecule has 20 heavy (non-hydrogen) atoms. The molecule has 1 atom stereocenters. The third kappa shape index (κ3) is 5.59. The van der Waals surface area contributed by atoms with Crippen LogP contribution < -0.4 is 15.8 Å². The molecule has 5 heteroatoms. The predicted molar refractivity (Wildman–Crippen MR) is 78.9 cm³/mol. The van der Waals surface area contributed by atoms with E-state index >= 15 is 0 Å². The number of rotatable bonds is 9. The third-order valence-electron chi connectivity index (χ3n) is 3.19. The Hall–Kier alpha value is -1.59. The number of amides is 1. The Labute approximate surface area is 120 Å². The zero-order valence-corrected chi connectivity index (χ0v) is 12.2. The van der Waals surface area contributed by atoms with Crippen LogP contribution >= 0.6 is 0 Å². The molecule has 0 saturated carbocycles. The number of nitrogens with two attached hydrogens (primary N) is 1. The molecule has 0 saturated heterocycles. The minimum absolute atomic E-state index is 0.0891. The second-order valence-electron chi connectivity index (χ2n) is 4.62. The van der Waals surface area contributed by atoms with Crippen molar-refractivity contribution in [2.45, 2.75) is 18.8 Å². The summed E-state index contributed by atoms with van der Waals surface area (Å²) in [5.41, 5.74) is 6.89. The fraction of sp³-hybridized carbons (Fsp3) is 0.533. The van der Waals surface area contributed by atoms with Gasteiger partial charge in [0.1, 0.15) is 12.4 Å². The van der Waals surface area contributed by atoms with Crippen LogP contribution in [0.3, 0.4) is 0 Å². The van der Waals surface area contributed by atoms with Crippen LogP contribution in [0.1, 0.15) is 24.3 Å². The van der Waals surface area contributed by atoms with E-state index in [1.807, 2.05) is 12.1 Å². The van der Waals surface area contributed by atoms with Gasteiger partial charge in [-0.3, -0.25) is 4.79 Å². The molecule has 0 aromatic heterocycles. The SMILES string of the molecule is COCC(=O)NCC[C@H](CCN)c1ccc(OC)cc1. The zero-order chi connectivity index (χ0) is 14.8. The van der Waals surface area contributed by atoms with Crippen molar-refractivity contribution in [1.29, 1.82) is 0 Å². The largest absolute Gasteiger partial charge is 0.497 e. The van der Waals surface area contributed by atoms with E-state index in [2.05, 4.69) is 17.4 Å². The molecular formula is C15H24N2O3. The van der Waals surface area contributed by atoms with Crippen molar-refractivity contribution in [2.75, 3.05) is 33.9 Å². The van der Waals surface area contributed by atoms with Gasteiger partial charge in [-0.25, -0.2) is 0 Å². The Morgan fingerprint density at radius 1 is 1.25 bits per heavy atom. The molecule has 1 amide bonds. The molecule has 0 heterocycles. The van der Waals surface area contributed by atoms with E-state index in [-0.39, 0.29) is 12.5 Å². The highest BCUT2D eigenvalue weighted by Gasteiger charge is 2.11. The van der Waals surface area contributed by atoms with Gasteiger partial charge in [-0.1, -0.05) is 12.1 Å². The van der Waals surface area contributed by atoms with E-state index in [0.29, 0.717) is 19.0 Å². The van der Waals surface area contributed by atoms with Crippen molar-refractivity contribution in [3.8, 4) is 5.75 Å². The lowest BCUT2D eigenvalue weighted by Crippen LogP contribution is -2.29. The van der Waals surface area contributed by atoms with Gasteiger partial charge in [0.25, 0.3) is 0 Å². The third-order valence-corrected chi connectivity index (χ3v) is 3.19. The maximum absolute atomic E-state index is 11.3. The van der Waals surface area contributed by atoms with Crippen LogP contribution in [0.15, 0.2) is 24.3 Å². The summed E-state index contributed by atoms with van der Waals surface area (Å²) in [6, 6.07) is 8.00. The summed E-state index contributed by atoms with van der Waals surface area (Å²) in [6.45, 7) is 1.35. The first kappa shape index (κ1) is 16.5. The molecule has 1 rings (SSSR count). The Morgan fingerprint density at radius 2 is 1.95 bits per heavy atom. The number of nitrogens with one attached hydrogen (secondary N) is 1. The van der Waals surface area contributed by atoms with Gasteiger partial charge in [-0.2, -0.15) is 0 Å². The molecular weight excluding hydrogens is 256 g/mol. The molecule has 0 radical (unpaired) electrons. The van der Waals surface area contributed by atoms with Crippen LogP contribution in [0.5, 0.6) is 5.75 Å². The summed E-state index contributed by atoms with van der Waals surface area (Å²) in [7, 11) is 3.16. The Morgan fingerprint density at radius 3 is 2.50 bits per heavy atom. The maximum Gasteiger partial charge on any atom is 0.245 e. The molecule has 0 spiro atoms. The van der Waals surface area contributed by atoms with Crippen molar-refractivity contribution in [2.24, 2.45) is 5.73 Å². The number of benzene rings is 1. The number of hydrogen-bond acceptors (Lipinski definition) is 4. The summed E-state index contributed by atoms with van der Waals surface area (Å²) >= 11 is 0. The average Bonchev–Trinajstić information content (AvgIpc) is 2.47. The van der Waals surface area contributed by atoms with Crippen LogP contribution in [0.25, 0.3) is 0 Å². The number of carbonyl (C=O) groups excluding carboxylic acids is 1. The van der Waals surface area contributed by atoms with Crippen LogP contribution in [0, 0.1) is 0 Å². The fourth-order valence-corrected chi connectivity index (χ4v) is 2.12. The van der Waals surface area contributed by atoms with E-state index < -0.39 is 0 Å². The van der Waals surface area contributed by atoms with Crippen molar-refractivity contribution in [1.82, 2.24) is 5.32 Å². The molecule has 0 unspecified atom stereocenters. The van der Waals surface area contributed by atoms with Crippen LogP contribution in [-0.2, 0) is 9.53 Å². The van der Waals surface area contributed by atoms with Gasteiger partial charge < -0.3 is 20.5 Å². The van der Waals surface area contributed by atoms with E-state index in [1.165, 1.54) is 12.7 Å². The summed E-state index contributed by atoms with van der Waals surface area (Å²) in [6.07, 6.45) is 1.76. The molecule has 3 N–H and O–H groups in total. The molecule has 5 nitrogen and oxygen atoms in total. The zero-order valence-electron chi connectivity index (χ0n) is 12.2. The van der Waals surface area contributed by atoms with Gasteiger partial charge in [0.05, 0.1) is 7.11 Å². The van der Waals surface area contributed by atoms with Crippen molar-refractivity contribution in [3.63, 3.8) is 0 Å². The lowest BCUT2D eigenvalue weighted by molar-refractivity contribution is -0.124. The molecule has 0 aliphatic rings. The molecule has 1 aromatic rings. The molecule has 112 valence electrons.